The van der Waals surface area contributed by atoms with Crippen molar-refractivity contribution in [3.63, 3.8) is 0 Å². The van der Waals surface area contributed by atoms with E-state index in [-0.39, 0.29) is 5.54 Å². The summed E-state index contributed by atoms with van der Waals surface area (Å²) in [5.74, 6) is 2.59. The maximum Gasteiger partial charge on any atom is 0.0305 e. The van der Waals surface area contributed by atoms with Gasteiger partial charge < -0.3 is 11.1 Å². The zero-order chi connectivity index (χ0) is 7.45. The Morgan fingerprint density at radius 1 is 1.60 bits per heavy atom. The number of rotatable bonds is 4. The van der Waals surface area contributed by atoms with Gasteiger partial charge in [0, 0.05) is 25.0 Å². The topological polar surface area (TPSA) is 38.0 Å². The molecule has 1 saturated carbocycles. The molecule has 1 aliphatic carbocycles. The summed E-state index contributed by atoms with van der Waals surface area (Å²) in [6, 6.07) is 0. The van der Waals surface area contributed by atoms with E-state index in [0.29, 0.717) is 0 Å². The van der Waals surface area contributed by atoms with E-state index in [9.17, 15) is 0 Å². The zero-order valence-electron chi connectivity index (χ0n) is 6.19. The Hall–Kier alpha value is -0.520. The van der Waals surface area contributed by atoms with Gasteiger partial charge in [0.25, 0.3) is 0 Å². The number of terminal acetylenes is 1. The molecule has 1 aliphatic rings. The third kappa shape index (κ3) is 1.73. The average Bonchev–Trinajstić information content (AvgIpc) is 2.70. The van der Waals surface area contributed by atoms with E-state index in [0.717, 1.165) is 19.5 Å². The van der Waals surface area contributed by atoms with Crippen molar-refractivity contribution in [1.82, 2.24) is 5.32 Å². The van der Waals surface area contributed by atoms with Gasteiger partial charge in [-0.25, -0.2) is 0 Å². The first-order valence-electron chi connectivity index (χ1n) is 3.71. The second-order valence-corrected chi connectivity index (χ2v) is 2.87. The third-order valence-electron chi connectivity index (χ3n) is 2.01. The summed E-state index contributed by atoms with van der Waals surface area (Å²) in [4.78, 5) is 0. The summed E-state index contributed by atoms with van der Waals surface area (Å²) < 4.78 is 0. The molecule has 0 aliphatic heterocycles. The average molecular weight is 138 g/mol. The summed E-state index contributed by atoms with van der Waals surface area (Å²) in [6.45, 7) is 1.66. The number of hydrogen-bond acceptors (Lipinski definition) is 2. The summed E-state index contributed by atoms with van der Waals surface area (Å²) in [5.41, 5.74) is 5.81. The first-order valence-corrected chi connectivity index (χ1v) is 3.71. The van der Waals surface area contributed by atoms with Crippen molar-refractivity contribution in [3.05, 3.63) is 0 Å². The molecule has 0 aromatic carbocycles. The molecule has 0 aromatic heterocycles. The van der Waals surface area contributed by atoms with E-state index in [4.69, 9.17) is 12.2 Å². The Balaban J connectivity index is 2.08. The highest BCUT2D eigenvalue weighted by molar-refractivity contribution is 5.03. The number of nitrogens with one attached hydrogen (secondary N) is 1. The Morgan fingerprint density at radius 3 is 2.70 bits per heavy atom. The summed E-state index contributed by atoms with van der Waals surface area (Å²) in [5, 5.41) is 3.35. The van der Waals surface area contributed by atoms with Crippen molar-refractivity contribution in [2.75, 3.05) is 13.1 Å². The molecule has 2 heteroatoms. The van der Waals surface area contributed by atoms with Crippen molar-refractivity contribution in [1.29, 1.82) is 0 Å². The molecule has 0 spiro atoms. The van der Waals surface area contributed by atoms with Gasteiger partial charge >= 0.3 is 0 Å². The molecule has 1 rings (SSSR count). The minimum absolute atomic E-state index is 0.275. The first kappa shape index (κ1) is 7.59. The van der Waals surface area contributed by atoms with Gasteiger partial charge in [-0.15, -0.1) is 12.3 Å². The van der Waals surface area contributed by atoms with Crippen LogP contribution in [-0.2, 0) is 0 Å². The van der Waals surface area contributed by atoms with Gasteiger partial charge in [-0.1, -0.05) is 0 Å². The number of nitrogens with two attached hydrogens (primary N) is 1. The molecule has 0 heterocycles. The number of hydrogen-bond donors (Lipinski definition) is 2. The van der Waals surface area contributed by atoms with E-state index in [1.807, 2.05) is 0 Å². The summed E-state index contributed by atoms with van der Waals surface area (Å²) in [6.07, 6.45) is 8.34. The van der Waals surface area contributed by atoms with Gasteiger partial charge in [0.1, 0.15) is 0 Å². The van der Waals surface area contributed by atoms with Gasteiger partial charge in [-0.3, -0.25) is 0 Å². The summed E-state index contributed by atoms with van der Waals surface area (Å²) >= 11 is 0. The molecule has 0 aromatic rings. The zero-order valence-corrected chi connectivity index (χ0v) is 6.19. The molecule has 2 nitrogen and oxygen atoms in total. The molecule has 1 fully saturated rings. The molecule has 0 radical (unpaired) electrons. The van der Waals surface area contributed by atoms with Crippen LogP contribution in [0.3, 0.4) is 0 Å². The normalized spacial score (nSPS) is 20.0. The van der Waals surface area contributed by atoms with Crippen molar-refractivity contribution in [3.8, 4) is 12.3 Å². The van der Waals surface area contributed by atoms with Crippen LogP contribution in [0.2, 0.25) is 0 Å². The third-order valence-corrected chi connectivity index (χ3v) is 2.01. The lowest BCUT2D eigenvalue weighted by Gasteiger charge is -2.12. The minimum atomic E-state index is 0.275. The molecular formula is C8H14N2. The van der Waals surface area contributed by atoms with Crippen molar-refractivity contribution in [2.45, 2.75) is 24.8 Å². The minimum Gasteiger partial charge on any atom is -0.329 e. The van der Waals surface area contributed by atoms with Crippen LogP contribution in [0.4, 0.5) is 0 Å². The van der Waals surface area contributed by atoms with Crippen LogP contribution in [0.15, 0.2) is 0 Å². The Labute approximate surface area is 62.2 Å². The fourth-order valence-corrected chi connectivity index (χ4v) is 1.00. The van der Waals surface area contributed by atoms with Crippen molar-refractivity contribution < 1.29 is 0 Å². The lowest BCUT2D eigenvalue weighted by atomic mass is 10.2. The van der Waals surface area contributed by atoms with Gasteiger partial charge in [0.2, 0.25) is 0 Å². The second kappa shape index (κ2) is 3.05. The van der Waals surface area contributed by atoms with E-state index < -0.39 is 0 Å². The first-order chi connectivity index (χ1) is 4.83. The molecule has 3 N–H and O–H groups in total. The summed E-state index contributed by atoms with van der Waals surface area (Å²) in [7, 11) is 0. The van der Waals surface area contributed by atoms with Gasteiger partial charge in [0.05, 0.1) is 0 Å². The van der Waals surface area contributed by atoms with Gasteiger partial charge in [-0.2, -0.15) is 0 Å². The largest absolute Gasteiger partial charge is 0.329 e. The van der Waals surface area contributed by atoms with Crippen LogP contribution in [0.1, 0.15) is 19.3 Å². The van der Waals surface area contributed by atoms with Crippen LogP contribution in [0, 0.1) is 12.3 Å². The fourth-order valence-electron chi connectivity index (χ4n) is 1.00. The van der Waals surface area contributed by atoms with E-state index in [2.05, 4.69) is 11.2 Å². The standard InChI is InChI=1S/C8H14N2/c1-2-3-6-10-8(7-9)4-5-8/h1,10H,3-7,9H2. The molecule has 10 heavy (non-hydrogen) atoms. The predicted octanol–water partition coefficient (Wildman–Crippen LogP) is 0.0906. The highest BCUT2D eigenvalue weighted by Gasteiger charge is 2.40. The van der Waals surface area contributed by atoms with E-state index in [1.54, 1.807) is 0 Å². The van der Waals surface area contributed by atoms with E-state index in [1.165, 1.54) is 12.8 Å². The van der Waals surface area contributed by atoms with Crippen LogP contribution in [-0.4, -0.2) is 18.6 Å². The van der Waals surface area contributed by atoms with Crippen molar-refractivity contribution >= 4 is 0 Å². The molecule has 0 saturated heterocycles. The lowest BCUT2D eigenvalue weighted by molar-refractivity contribution is 0.514. The monoisotopic (exact) mass is 138 g/mol. The Morgan fingerprint density at radius 2 is 2.30 bits per heavy atom. The quantitative estimate of drug-likeness (QED) is 0.427. The lowest BCUT2D eigenvalue weighted by Crippen LogP contribution is -2.38. The molecule has 56 valence electrons. The van der Waals surface area contributed by atoms with Crippen LogP contribution in [0.5, 0.6) is 0 Å². The Bertz CT molecular complexity index is 142. The van der Waals surface area contributed by atoms with Crippen molar-refractivity contribution in [2.24, 2.45) is 5.73 Å². The Kier molecular flexibility index (Phi) is 2.31. The fraction of sp³-hybridized carbons (Fsp3) is 0.750. The van der Waals surface area contributed by atoms with E-state index >= 15 is 0 Å². The second-order valence-electron chi connectivity index (χ2n) is 2.87. The predicted molar refractivity (Wildman–Crippen MR) is 42.5 cm³/mol. The molecule has 0 amide bonds. The highest BCUT2D eigenvalue weighted by Crippen LogP contribution is 2.33. The molecule has 0 unspecified atom stereocenters. The maximum absolute atomic E-state index is 5.54. The van der Waals surface area contributed by atoms with Crippen LogP contribution in [0.25, 0.3) is 0 Å². The molecule has 0 bridgehead atoms. The smallest absolute Gasteiger partial charge is 0.0305 e. The molecular weight excluding hydrogens is 124 g/mol. The van der Waals surface area contributed by atoms with Crippen LogP contribution >= 0.6 is 0 Å². The van der Waals surface area contributed by atoms with Crippen LogP contribution < -0.4 is 11.1 Å². The van der Waals surface area contributed by atoms with Gasteiger partial charge in [-0.05, 0) is 12.8 Å². The SMILES string of the molecule is C#CCCNC1(CN)CC1. The maximum atomic E-state index is 5.54. The molecule has 0 atom stereocenters. The van der Waals surface area contributed by atoms with Gasteiger partial charge in [0.15, 0.2) is 0 Å². The highest BCUT2D eigenvalue weighted by atomic mass is 15.0.